The lowest BCUT2D eigenvalue weighted by molar-refractivity contribution is 0.0803. The van der Waals surface area contributed by atoms with Gasteiger partial charge in [0.05, 0.1) is 22.2 Å². The van der Waals surface area contributed by atoms with Gasteiger partial charge in [0, 0.05) is 18.9 Å². The van der Waals surface area contributed by atoms with E-state index in [1.807, 2.05) is 0 Å². The van der Waals surface area contributed by atoms with E-state index in [-0.39, 0.29) is 11.2 Å². The molecule has 18 heavy (non-hydrogen) atoms. The number of fused-ring (bicyclic) bond motifs is 1. The minimum absolute atomic E-state index is 0.0679. The second kappa shape index (κ2) is 4.42. The van der Waals surface area contributed by atoms with Crippen LogP contribution in [-0.4, -0.2) is 24.0 Å². The van der Waals surface area contributed by atoms with Crippen molar-refractivity contribution in [2.75, 3.05) is 13.2 Å². The third kappa shape index (κ3) is 2.24. The molecule has 0 aromatic carbocycles. The van der Waals surface area contributed by atoms with Crippen LogP contribution >= 0.6 is 11.3 Å². The second-order valence-corrected chi connectivity index (χ2v) is 7.21. The van der Waals surface area contributed by atoms with Gasteiger partial charge in [0.2, 0.25) is 0 Å². The average Bonchev–Trinajstić information content (AvgIpc) is 2.72. The summed E-state index contributed by atoms with van der Waals surface area (Å²) in [5.41, 5.74) is 1.10. The molecular formula is C14H19NO2S. The monoisotopic (exact) mass is 265 g/mol. The number of rotatable bonds is 1. The normalized spacial score (nSPS) is 27.0. The zero-order valence-electron chi connectivity index (χ0n) is 11.0. The van der Waals surface area contributed by atoms with E-state index in [4.69, 9.17) is 9.72 Å². The number of carbonyl (C=O) groups is 1. The Bertz CT molecular complexity index is 472. The molecule has 1 aliphatic heterocycles. The number of carbonyl (C=O) groups excluding carboxylic acids is 1. The Balaban J connectivity index is 1.90. The highest BCUT2D eigenvalue weighted by atomic mass is 32.1. The number of ketones is 1. The van der Waals surface area contributed by atoms with Crippen molar-refractivity contribution >= 4 is 17.1 Å². The molecule has 2 aliphatic rings. The van der Waals surface area contributed by atoms with Gasteiger partial charge in [-0.25, -0.2) is 4.98 Å². The molecular weight excluding hydrogens is 246 g/mol. The van der Waals surface area contributed by atoms with Crippen molar-refractivity contribution in [3.8, 4) is 0 Å². The average molecular weight is 265 g/mol. The number of aromatic nitrogens is 1. The summed E-state index contributed by atoms with van der Waals surface area (Å²) in [6.07, 6.45) is 3.83. The van der Waals surface area contributed by atoms with Crippen molar-refractivity contribution in [2.24, 2.45) is 5.41 Å². The van der Waals surface area contributed by atoms with Gasteiger partial charge in [0.25, 0.3) is 0 Å². The van der Waals surface area contributed by atoms with E-state index in [1.165, 1.54) is 0 Å². The Hall–Kier alpha value is -0.740. The van der Waals surface area contributed by atoms with E-state index in [2.05, 4.69) is 13.8 Å². The molecule has 1 aliphatic carbocycles. The van der Waals surface area contributed by atoms with Crippen LogP contribution in [0.15, 0.2) is 0 Å². The molecule has 1 fully saturated rings. The fourth-order valence-corrected chi connectivity index (χ4v) is 3.99. The summed E-state index contributed by atoms with van der Waals surface area (Å²) in [5, 5.41) is 1.12. The van der Waals surface area contributed by atoms with Crippen molar-refractivity contribution in [1.29, 1.82) is 0 Å². The quantitative estimate of drug-likeness (QED) is 0.783. The van der Waals surface area contributed by atoms with Crippen molar-refractivity contribution in [1.82, 2.24) is 4.98 Å². The topological polar surface area (TPSA) is 39.2 Å². The van der Waals surface area contributed by atoms with E-state index >= 15 is 0 Å². The Morgan fingerprint density at radius 2 is 2.22 bits per heavy atom. The molecule has 0 radical (unpaired) electrons. The number of thiazole rings is 1. The molecule has 98 valence electrons. The number of nitrogens with zero attached hydrogens (tertiary/aromatic N) is 1. The van der Waals surface area contributed by atoms with E-state index in [0.717, 1.165) is 48.1 Å². The highest BCUT2D eigenvalue weighted by Gasteiger charge is 2.34. The van der Waals surface area contributed by atoms with E-state index in [1.54, 1.807) is 11.3 Å². The molecule has 1 aromatic heterocycles. The first-order valence-electron chi connectivity index (χ1n) is 6.66. The maximum atomic E-state index is 12.1. The first-order valence-corrected chi connectivity index (χ1v) is 7.47. The summed E-state index contributed by atoms with van der Waals surface area (Å²) in [6.45, 7) is 5.94. The van der Waals surface area contributed by atoms with Gasteiger partial charge < -0.3 is 4.74 Å². The van der Waals surface area contributed by atoms with Crippen LogP contribution in [0.4, 0.5) is 0 Å². The summed E-state index contributed by atoms with van der Waals surface area (Å²) in [5.74, 6) is 0.687. The number of ether oxygens (including phenoxy) is 1. The van der Waals surface area contributed by atoms with Crippen LogP contribution in [0.1, 0.15) is 59.4 Å². The van der Waals surface area contributed by atoms with Crippen LogP contribution in [0, 0.1) is 5.41 Å². The fraction of sp³-hybridized carbons (Fsp3) is 0.714. The molecule has 1 unspecified atom stereocenters. The van der Waals surface area contributed by atoms with Crippen LogP contribution < -0.4 is 0 Å². The maximum Gasteiger partial charge on any atom is 0.175 e. The molecule has 3 nitrogen and oxygen atoms in total. The molecule has 0 amide bonds. The van der Waals surface area contributed by atoms with Crippen LogP contribution in [0.3, 0.4) is 0 Å². The Morgan fingerprint density at radius 3 is 2.94 bits per heavy atom. The van der Waals surface area contributed by atoms with Gasteiger partial charge in [-0.05, 0) is 24.7 Å². The fourth-order valence-electron chi connectivity index (χ4n) is 2.85. The predicted octanol–water partition coefficient (Wildman–Crippen LogP) is 3.19. The third-order valence-corrected chi connectivity index (χ3v) is 5.06. The molecule has 1 atom stereocenters. The molecule has 3 rings (SSSR count). The van der Waals surface area contributed by atoms with E-state index in [9.17, 15) is 4.79 Å². The Morgan fingerprint density at radius 1 is 1.39 bits per heavy atom. The largest absolute Gasteiger partial charge is 0.381 e. The first-order chi connectivity index (χ1) is 8.55. The number of hydrogen-bond acceptors (Lipinski definition) is 4. The zero-order chi connectivity index (χ0) is 12.8. The predicted molar refractivity (Wildman–Crippen MR) is 71.3 cm³/mol. The lowest BCUT2D eigenvalue weighted by Crippen LogP contribution is -2.26. The molecule has 2 heterocycles. The lowest BCUT2D eigenvalue weighted by atomic mass is 9.78. The molecule has 1 saturated heterocycles. The van der Waals surface area contributed by atoms with Crippen LogP contribution in [0.5, 0.6) is 0 Å². The standard InChI is InChI=1S/C14H19NO2S/c1-14(2)6-10-12(11(16)7-14)18-13(15-10)9-4-3-5-17-8-9/h9H,3-8H2,1-2H3. The van der Waals surface area contributed by atoms with Gasteiger partial charge in [0.15, 0.2) is 5.78 Å². The van der Waals surface area contributed by atoms with Crippen molar-refractivity contribution in [3.63, 3.8) is 0 Å². The molecule has 4 heteroatoms. The van der Waals surface area contributed by atoms with Crippen LogP contribution in [0.2, 0.25) is 0 Å². The van der Waals surface area contributed by atoms with Crippen LogP contribution in [0.25, 0.3) is 0 Å². The molecule has 0 bridgehead atoms. The van der Waals surface area contributed by atoms with Gasteiger partial charge in [-0.3, -0.25) is 4.79 Å². The van der Waals surface area contributed by atoms with Crippen LogP contribution in [-0.2, 0) is 11.2 Å². The van der Waals surface area contributed by atoms with Gasteiger partial charge in [0.1, 0.15) is 0 Å². The van der Waals surface area contributed by atoms with Crippen molar-refractivity contribution < 1.29 is 9.53 Å². The number of hydrogen-bond donors (Lipinski definition) is 0. The summed E-state index contributed by atoms with van der Waals surface area (Å²) >= 11 is 1.61. The maximum absolute atomic E-state index is 12.1. The molecule has 0 N–H and O–H groups in total. The zero-order valence-corrected chi connectivity index (χ0v) is 11.8. The van der Waals surface area contributed by atoms with E-state index < -0.39 is 0 Å². The van der Waals surface area contributed by atoms with Crippen molar-refractivity contribution in [2.45, 2.75) is 45.4 Å². The third-order valence-electron chi connectivity index (χ3n) is 3.76. The minimum atomic E-state index is 0.0679. The van der Waals surface area contributed by atoms with Gasteiger partial charge in [-0.2, -0.15) is 0 Å². The molecule has 1 aromatic rings. The Kier molecular flexibility index (Phi) is 3.02. The van der Waals surface area contributed by atoms with Gasteiger partial charge >= 0.3 is 0 Å². The van der Waals surface area contributed by atoms with E-state index in [0.29, 0.717) is 12.3 Å². The van der Waals surface area contributed by atoms with Gasteiger partial charge in [-0.15, -0.1) is 11.3 Å². The molecule has 0 saturated carbocycles. The highest BCUT2D eigenvalue weighted by molar-refractivity contribution is 7.14. The summed E-state index contributed by atoms with van der Waals surface area (Å²) in [6, 6.07) is 0. The second-order valence-electron chi connectivity index (χ2n) is 6.18. The smallest absolute Gasteiger partial charge is 0.175 e. The number of Topliss-reactive ketones (excluding diaryl/α,β-unsaturated/α-hetero) is 1. The highest BCUT2D eigenvalue weighted by Crippen LogP contribution is 2.39. The van der Waals surface area contributed by atoms with Crippen molar-refractivity contribution in [3.05, 3.63) is 15.6 Å². The minimum Gasteiger partial charge on any atom is -0.381 e. The summed E-state index contributed by atoms with van der Waals surface area (Å²) < 4.78 is 5.52. The summed E-state index contributed by atoms with van der Waals surface area (Å²) in [7, 11) is 0. The first kappa shape index (κ1) is 12.3. The van der Waals surface area contributed by atoms with Gasteiger partial charge in [-0.1, -0.05) is 13.8 Å². The Labute approximate surface area is 112 Å². The molecule has 0 spiro atoms. The SMILES string of the molecule is CC1(C)CC(=O)c2sc(C3CCCOC3)nc2C1. The summed E-state index contributed by atoms with van der Waals surface area (Å²) in [4.78, 5) is 17.8. The lowest BCUT2D eigenvalue weighted by Gasteiger charge is -2.26.